The lowest BCUT2D eigenvalue weighted by Gasteiger charge is -2.06. The molecule has 0 radical (unpaired) electrons. The van der Waals surface area contributed by atoms with Crippen LogP contribution >= 0.6 is 23.2 Å². The van der Waals surface area contributed by atoms with E-state index in [2.05, 4.69) is 4.98 Å². The predicted molar refractivity (Wildman–Crippen MR) is 67.2 cm³/mol. The van der Waals surface area contributed by atoms with Crippen molar-refractivity contribution < 1.29 is 19.0 Å². The van der Waals surface area contributed by atoms with E-state index in [0.717, 1.165) is 0 Å². The van der Waals surface area contributed by atoms with E-state index in [1.54, 1.807) is 7.11 Å². The minimum absolute atomic E-state index is 0.144. The summed E-state index contributed by atoms with van der Waals surface area (Å²) in [5, 5.41) is 0.289. The highest BCUT2D eigenvalue weighted by atomic mass is 35.5. The Morgan fingerprint density at radius 1 is 1.17 bits per heavy atom. The molecule has 0 aliphatic heterocycles. The Morgan fingerprint density at radius 2 is 1.78 bits per heavy atom. The van der Waals surface area contributed by atoms with Gasteiger partial charge in [0.15, 0.2) is 0 Å². The van der Waals surface area contributed by atoms with Gasteiger partial charge in [0.1, 0.15) is 16.9 Å². The molecule has 1 aromatic heterocycles. The van der Waals surface area contributed by atoms with Gasteiger partial charge < -0.3 is 14.2 Å². The van der Waals surface area contributed by atoms with Gasteiger partial charge in [0.2, 0.25) is 0 Å². The van der Waals surface area contributed by atoms with E-state index in [1.807, 2.05) is 0 Å². The minimum atomic E-state index is -0.517. The summed E-state index contributed by atoms with van der Waals surface area (Å²) in [5.41, 5.74) is 0.261. The minimum Gasteiger partial charge on any atom is -0.460 e. The van der Waals surface area contributed by atoms with Crippen molar-refractivity contribution in [1.29, 1.82) is 0 Å². The quantitative estimate of drug-likeness (QED) is 0.438. The Morgan fingerprint density at radius 3 is 2.39 bits per heavy atom. The van der Waals surface area contributed by atoms with Gasteiger partial charge in [-0.25, -0.2) is 9.78 Å². The maximum Gasteiger partial charge on any atom is 0.338 e. The number of pyridine rings is 1. The summed E-state index contributed by atoms with van der Waals surface area (Å²) in [5.74, 6) is -0.517. The molecule has 1 rings (SSSR count). The van der Waals surface area contributed by atoms with Gasteiger partial charge in [0.25, 0.3) is 0 Å². The molecule has 0 spiro atoms. The first-order valence-corrected chi connectivity index (χ1v) is 5.96. The zero-order chi connectivity index (χ0) is 13.4. The van der Waals surface area contributed by atoms with Crippen LogP contribution in [0.2, 0.25) is 10.3 Å². The van der Waals surface area contributed by atoms with Gasteiger partial charge in [-0.2, -0.15) is 0 Å². The lowest BCUT2D eigenvalue weighted by molar-refractivity contribution is 0.0213. The normalized spacial score (nSPS) is 10.4. The Labute approximate surface area is 115 Å². The van der Waals surface area contributed by atoms with Crippen molar-refractivity contribution in [3.8, 4) is 0 Å². The van der Waals surface area contributed by atoms with Gasteiger partial charge in [0.05, 0.1) is 25.4 Å². The molecule has 5 nitrogen and oxygen atoms in total. The number of halogens is 2. The predicted octanol–water partition coefficient (Wildman–Crippen LogP) is 2.21. The van der Waals surface area contributed by atoms with Crippen molar-refractivity contribution in [3.63, 3.8) is 0 Å². The summed E-state index contributed by atoms with van der Waals surface area (Å²) in [7, 11) is 1.58. The van der Waals surface area contributed by atoms with E-state index in [-0.39, 0.29) is 22.5 Å². The second-order valence-corrected chi connectivity index (χ2v) is 4.02. The topological polar surface area (TPSA) is 57.7 Å². The summed E-state index contributed by atoms with van der Waals surface area (Å²) in [6.45, 7) is 1.42. The maximum atomic E-state index is 11.6. The van der Waals surface area contributed by atoms with Crippen molar-refractivity contribution in [1.82, 2.24) is 4.98 Å². The van der Waals surface area contributed by atoms with Crippen molar-refractivity contribution in [2.24, 2.45) is 0 Å². The summed E-state index contributed by atoms with van der Waals surface area (Å²) in [6, 6.07) is 2.78. The molecule has 100 valence electrons. The fourth-order valence-electron chi connectivity index (χ4n) is 1.10. The lowest BCUT2D eigenvalue weighted by Crippen LogP contribution is -2.12. The molecule has 0 atom stereocenters. The van der Waals surface area contributed by atoms with Crippen LogP contribution in [-0.4, -0.2) is 44.5 Å². The number of carbonyl (C=O) groups excluding carboxylic acids is 1. The Bertz CT molecular complexity index is 380. The van der Waals surface area contributed by atoms with Crippen molar-refractivity contribution in [2.75, 3.05) is 33.5 Å². The van der Waals surface area contributed by atoms with E-state index in [4.69, 9.17) is 37.4 Å². The van der Waals surface area contributed by atoms with Gasteiger partial charge in [-0.3, -0.25) is 0 Å². The van der Waals surface area contributed by atoms with Gasteiger partial charge >= 0.3 is 5.97 Å². The average molecular weight is 294 g/mol. The fraction of sp³-hybridized carbons (Fsp3) is 0.455. The number of esters is 1. The highest BCUT2D eigenvalue weighted by molar-refractivity contribution is 6.32. The second kappa shape index (κ2) is 8.26. The van der Waals surface area contributed by atoms with E-state index in [1.165, 1.54) is 12.1 Å². The fourth-order valence-corrected chi connectivity index (χ4v) is 1.56. The standard InChI is InChI=1S/C11H13Cl2NO4/c1-16-2-3-17-4-5-18-11(15)8-6-9(12)14-10(13)7-8/h6-7H,2-5H2,1H3. The third kappa shape index (κ3) is 5.64. The van der Waals surface area contributed by atoms with E-state index in [0.29, 0.717) is 19.8 Å². The lowest BCUT2D eigenvalue weighted by atomic mass is 10.3. The number of hydrogen-bond donors (Lipinski definition) is 0. The number of hydrogen-bond acceptors (Lipinski definition) is 5. The zero-order valence-corrected chi connectivity index (χ0v) is 11.3. The maximum absolute atomic E-state index is 11.6. The Hall–Kier alpha value is -0.880. The number of carbonyl (C=O) groups is 1. The van der Waals surface area contributed by atoms with Crippen LogP contribution in [0.3, 0.4) is 0 Å². The first-order valence-electron chi connectivity index (χ1n) is 5.20. The molecule has 7 heteroatoms. The monoisotopic (exact) mass is 293 g/mol. The smallest absolute Gasteiger partial charge is 0.338 e. The van der Waals surface area contributed by atoms with E-state index in [9.17, 15) is 4.79 Å². The largest absolute Gasteiger partial charge is 0.460 e. The van der Waals surface area contributed by atoms with Gasteiger partial charge in [-0.15, -0.1) is 0 Å². The molecule has 0 saturated heterocycles. The highest BCUT2D eigenvalue weighted by Gasteiger charge is 2.09. The molecule has 0 fully saturated rings. The number of methoxy groups -OCH3 is 1. The van der Waals surface area contributed by atoms with Crippen LogP contribution in [0.4, 0.5) is 0 Å². The molecule has 0 aliphatic rings. The summed E-state index contributed by atoms with van der Waals surface area (Å²) in [6.07, 6.45) is 0. The number of rotatable bonds is 7. The molecule has 0 bridgehead atoms. The third-order valence-corrected chi connectivity index (χ3v) is 2.28. The van der Waals surface area contributed by atoms with Crippen LogP contribution in [0.1, 0.15) is 10.4 Å². The molecule has 1 heterocycles. The molecular formula is C11H13Cl2NO4. The average Bonchev–Trinajstić information content (AvgIpc) is 2.32. The van der Waals surface area contributed by atoms with Gasteiger partial charge in [-0.05, 0) is 12.1 Å². The molecule has 0 N–H and O–H groups in total. The summed E-state index contributed by atoms with van der Waals surface area (Å²) >= 11 is 11.3. The molecular weight excluding hydrogens is 281 g/mol. The van der Waals surface area contributed by atoms with Gasteiger partial charge in [0, 0.05) is 7.11 Å². The van der Waals surface area contributed by atoms with Crippen LogP contribution < -0.4 is 0 Å². The van der Waals surface area contributed by atoms with Crippen LogP contribution in [0.5, 0.6) is 0 Å². The number of aromatic nitrogens is 1. The van der Waals surface area contributed by atoms with Crippen LogP contribution in [0, 0.1) is 0 Å². The molecule has 0 aliphatic carbocycles. The van der Waals surface area contributed by atoms with Crippen molar-refractivity contribution in [3.05, 3.63) is 28.0 Å². The SMILES string of the molecule is COCCOCCOC(=O)c1cc(Cl)nc(Cl)c1. The van der Waals surface area contributed by atoms with Crippen molar-refractivity contribution in [2.45, 2.75) is 0 Å². The van der Waals surface area contributed by atoms with E-state index >= 15 is 0 Å². The Kier molecular flexibility index (Phi) is 6.97. The van der Waals surface area contributed by atoms with Crippen LogP contribution in [0.25, 0.3) is 0 Å². The number of ether oxygens (including phenoxy) is 3. The molecule has 1 aromatic rings. The first-order chi connectivity index (χ1) is 8.63. The van der Waals surface area contributed by atoms with Crippen LogP contribution in [-0.2, 0) is 14.2 Å². The van der Waals surface area contributed by atoms with E-state index < -0.39 is 5.97 Å². The molecule has 18 heavy (non-hydrogen) atoms. The highest BCUT2D eigenvalue weighted by Crippen LogP contribution is 2.15. The van der Waals surface area contributed by atoms with Gasteiger partial charge in [-0.1, -0.05) is 23.2 Å². The number of nitrogens with zero attached hydrogens (tertiary/aromatic N) is 1. The van der Waals surface area contributed by atoms with Crippen molar-refractivity contribution >= 4 is 29.2 Å². The zero-order valence-electron chi connectivity index (χ0n) is 9.82. The molecule has 0 saturated carbocycles. The molecule has 0 amide bonds. The summed E-state index contributed by atoms with van der Waals surface area (Å²) < 4.78 is 14.9. The third-order valence-electron chi connectivity index (χ3n) is 1.89. The second-order valence-electron chi connectivity index (χ2n) is 3.24. The molecule has 0 unspecified atom stereocenters. The summed E-state index contributed by atoms with van der Waals surface area (Å²) in [4.78, 5) is 15.3. The Balaban J connectivity index is 2.32. The first kappa shape index (κ1) is 15.2. The van der Waals surface area contributed by atoms with Crippen LogP contribution in [0.15, 0.2) is 12.1 Å². The molecule has 0 aromatic carbocycles.